The van der Waals surface area contributed by atoms with Gasteiger partial charge in [-0.2, -0.15) is 4.98 Å². The molecule has 8 rings (SSSR count). The van der Waals surface area contributed by atoms with E-state index in [-0.39, 0.29) is 11.6 Å². The SMILES string of the molecule is O=c1c2cc(CN3CCN4CCC3CC4)ccc2c2cnc(NCC3CC3)nc2n1C1CCCCC1. The Bertz CT molecular complexity index is 1320. The Morgan fingerprint density at radius 1 is 0.861 bits per heavy atom. The minimum atomic E-state index is 0.126. The van der Waals surface area contributed by atoms with E-state index in [2.05, 4.69) is 38.3 Å². The van der Waals surface area contributed by atoms with E-state index < -0.39 is 0 Å². The molecule has 5 fully saturated rings. The fraction of sp³-hybridized carbons (Fsp3) is 0.621. The number of pyridine rings is 1. The lowest BCUT2D eigenvalue weighted by Crippen LogP contribution is -2.37. The number of piperidine rings is 1. The van der Waals surface area contributed by atoms with Crippen LogP contribution in [0.3, 0.4) is 0 Å². The molecule has 3 aliphatic heterocycles. The van der Waals surface area contributed by atoms with Crippen LogP contribution in [0.4, 0.5) is 5.95 Å². The van der Waals surface area contributed by atoms with Crippen molar-refractivity contribution in [2.75, 3.05) is 38.0 Å². The predicted octanol–water partition coefficient (Wildman–Crippen LogP) is 4.55. The van der Waals surface area contributed by atoms with Crippen molar-refractivity contribution in [2.45, 2.75) is 76.4 Å². The molecule has 2 bridgehead atoms. The van der Waals surface area contributed by atoms with Gasteiger partial charge in [-0.05, 0) is 74.5 Å². The summed E-state index contributed by atoms with van der Waals surface area (Å²) >= 11 is 0. The zero-order valence-corrected chi connectivity index (χ0v) is 21.3. The standard InChI is InChI=1S/C29H38N6O/c36-28-25-16-21(19-34-15-14-33-12-10-22(34)11-13-33)8-9-24(25)26-18-31-29(30-17-20-6-7-20)32-27(26)35(28)23-4-2-1-3-5-23/h8-9,16,18,20,22-23H,1-7,10-15,17,19H2,(H,30,31,32). The first-order chi connectivity index (χ1) is 17.7. The van der Waals surface area contributed by atoms with Crippen molar-refractivity contribution < 1.29 is 0 Å². The van der Waals surface area contributed by atoms with E-state index >= 15 is 0 Å². The Labute approximate surface area is 212 Å². The predicted molar refractivity (Wildman–Crippen MR) is 145 cm³/mol. The van der Waals surface area contributed by atoms with Gasteiger partial charge in [-0.3, -0.25) is 14.3 Å². The molecular weight excluding hydrogens is 448 g/mol. The average Bonchev–Trinajstić information content (AvgIpc) is 3.78. The summed E-state index contributed by atoms with van der Waals surface area (Å²) in [5, 5.41) is 6.24. The molecular formula is C29H38N6O. The third-order valence-corrected chi connectivity index (χ3v) is 9.17. The molecule has 0 unspecified atom stereocenters. The van der Waals surface area contributed by atoms with Gasteiger partial charge in [-0.25, -0.2) is 4.98 Å². The van der Waals surface area contributed by atoms with Gasteiger partial charge in [0.15, 0.2) is 0 Å². The van der Waals surface area contributed by atoms with Crippen molar-refractivity contribution in [1.82, 2.24) is 24.3 Å². The van der Waals surface area contributed by atoms with Gasteiger partial charge >= 0.3 is 0 Å². The Morgan fingerprint density at radius 3 is 2.50 bits per heavy atom. The van der Waals surface area contributed by atoms with Crippen LogP contribution in [0.2, 0.25) is 0 Å². The molecule has 0 spiro atoms. The minimum absolute atomic E-state index is 0.126. The van der Waals surface area contributed by atoms with Gasteiger partial charge in [0.2, 0.25) is 5.95 Å². The normalized spacial score (nSPS) is 25.4. The Hall–Kier alpha value is -2.51. The molecule has 0 amide bonds. The second kappa shape index (κ2) is 9.42. The largest absolute Gasteiger partial charge is 0.354 e. The van der Waals surface area contributed by atoms with Crippen LogP contribution in [0.15, 0.2) is 29.2 Å². The van der Waals surface area contributed by atoms with Gasteiger partial charge in [-0.15, -0.1) is 0 Å². The highest BCUT2D eigenvalue weighted by molar-refractivity contribution is 6.04. The molecule has 1 N–H and O–H groups in total. The highest BCUT2D eigenvalue weighted by atomic mass is 16.1. The first-order valence-electron chi connectivity index (χ1n) is 14.3. The van der Waals surface area contributed by atoms with E-state index in [9.17, 15) is 4.79 Å². The molecule has 0 radical (unpaired) electrons. The molecule has 5 heterocycles. The summed E-state index contributed by atoms with van der Waals surface area (Å²) in [6.45, 7) is 6.60. The lowest BCUT2D eigenvalue weighted by Gasteiger charge is -2.31. The highest BCUT2D eigenvalue weighted by Crippen LogP contribution is 2.33. The molecule has 2 aromatic heterocycles. The second-order valence-electron chi connectivity index (χ2n) is 11.6. The Morgan fingerprint density at radius 2 is 1.69 bits per heavy atom. The number of anilines is 1. The van der Waals surface area contributed by atoms with Gasteiger partial charge in [0.25, 0.3) is 5.56 Å². The summed E-state index contributed by atoms with van der Waals surface area (Å²) in [7, 11) is 0. The van der Waals surface area contributed by atoms with Gasteiger partial charge < -0.3 is 10.2 Å². The number of hydrogen-bond donors (Lipinski definition) is 1. The van der Waals surface area contributed by atoms with Crippen molar-refractivity contribution >= 4 is 27.8 Å². The second-order valence-corrected chi connectivity index (χ2v) is 11.6. The number of nitrogens with zero attached hydrogens (tertiary/aromatic N) is 5. The van der Waals surface area contributed by atoms with Crippen LogP contribution in [-0.4, -0.2) is 63.1 Å². The van der Waals surface area contributed by atoms with E-state index in [0.717, 1.165) is 66.7 Å². The maximum absolute atomic E-state index is 14.1. The number of rotatable bonds is 6. The summed E-state index contributed by atoms with van der Waals surface area (Å²) in [4.78, 5) is 29.0. The molecule has 3 aromatic rings. The van der Waals surface area contributed by atoms with Crippen molar-refractivity contribution in [3.05, 3.63) is 40.3 Å². The van der Waals surface area contributed by atoms with Crippen LogP contribution >= 0.6 is 0 Å². The number of aromatic nitrogens is 3. The van der Waals surface area contributed by atoms with Gasteiger partial charge in [0.1, 0.15) is 5.65 Å². The van der Waals surface area contributed by atoms with Crippen molar-refractivity contribution in [1.29, 1.82) is 0 Å². The summed E-state index contributed by atoms with van der Waals surface area (Å²) in [6, 6.07) is 7.45. The number of nitrogens with one attached hydrogen (secondary N) is 1. The zero-order chi connectivity index (χ0) is 24.1. The summed E-state index contributed by atoms with van der Waals surface area (Å²) in [5.74, 6) is 1.40. The quantitative estimate of drug-likeness (QED) is 0.516. The summed E-state index contributed by atoms with van der Waals surface area (Å²) in [5.41, 5.74) is 2.18. The van der Waals surface area contributed by atoms with Gasteiger partial charge in [0, 0.05) is 55.2 Å². The summed E-state index contributed by atoms with van der Waals surface area (Å²) in [6.07, 6.45) is 12.8. The topological polar surface area (TPSA) is 66.3 Å². The molecule has 190 valence electrons. The van der Waals surface area contributed by atoms with Crippen LogP contribution in [0, 0.1) is 5.92 Å². The third-order valence-electron chi connectivity index (χ3n) is 9.17. The van der Waals surface area contributed by atoms with E-state index in [4.69, 9.17) is 4.98 Å². The van der Waals surface area contributed by atoms with E-state index in [1.165, 1.54) is 63.6 Å². The number of fused-ring (bicyclic) bond motifs is 7. The maximum Gasteiger partial charge on any atom is 0.260 e. The molecule has 2 saturated carbocycles. The van der Waals surface area contributed by atoms with E-state index in [1.807, 2.05) is 10.8 Å². The average molecular weight is 487 g/mol. The fourth-order valence-corrected chi connectivity index (χ4v) is 6.80. The number of hydrogen-bond acceptors (Lipinski definition) is 6. The van der Waals surface area contributed by atoms with Gasteiger partial charge in [-0.1, -0.05) is 31.4 Å². The van der Waals surface area contributed by atoms with E-state index in [0.29, 0.717) is 12.0 Å². The smallest absolute Gasteiger partial charge is 0.260 e. The molecule has 3 saturated heterocycles. The molecule has 36 heavy (non-hydrogen) atoms. The Kier molecular flexibility index (Phi) is 5.93. The molecule has 7 nitrogen and oxygen atoms in total. The molecule has 7 heteroatoms. The maximum atomic E-state index is 14.1. The Balaban J connectivity index is 1.30. The van der Waals surface area contributed by atoms with Crippen LogP contribution in [0.25, 0.3) is 21.8 Å². The van der Waals surface area contributed by atoms with Crippen molar-refractivity contribution in [2.24, 2.45) is 5.92 Å². The molecule has 1 aromatic carbocycles. The van der Waals surface area contributed by atoms with Crippen LogP contribution in [-0.2, 0) is 6.54 Å². The number of benzene rings is 1. The first kappa shape index (κ1) is 22.7. The zero-order valence-electron chi connectivity index (χ0n) is 21.3. The van der Waals surface area contributed by atoms with Gasteiger partial charge in [0.05, 0.1) is 0 Å². The monoisotopic (exact) mass is 486 g/mol. The van der Waals surface area contributed by atoms with E-state index in [1.54, 1.807) is 0 Å². The summed E-state index contributed by atoms with van der Waals surface area (Å²) < 4.78 is 2.03. The van der Waals surface area contributed by atoms with Crippen LogP contribution in [0.1, 0.15) is 69.4 Å². The highest BCUT2D eigenvalue weighted by Gasteiger charge is 2.29. The van der Waals surface area contributed by atoms with Crippen molar-refractivity contribution in [3.63, 3.8) is 0 Å². The third kappa shape index (κ3) is 4.30. The molecule has 0 atom stereocenters. The van der Waals surface area contributed by atoms with Crippen LogP contribution < -0.4 is 10.9 Å². The fourth-order valence-electron chi connectivity index (χ4n) is 6.80. The lowest BCUT2D eigenvalue weighted by molar-refractivity contribution is 0.176. The van der Waals surface area contributed by atoms with Crippen molar-refractivity contribution in [3.8, 4) is 0 Å². The molecule has 2 aliphatic carbocycles. The molecule has 5 aliphatic rings. The first-order valence-corrected chi connectivity index (χ1v) is 14.3. The minimum Gasteiger partial charge on any atom is -0.354 e. The van der Waals surface area contributed by atoms with Crippen LogP contribution in [0.5, 0.6) is 0 Å². The lowest BCUT2D eigenvalue weighted by atomic mass is 9.94.